The summed E-state index contributed by atoms with van der Waals surface area (Å²) in [6.45, 7) is 3.46. The van der Waals surface area contributed by atoms with Crippen LogP contribution in [0.3, 0.4) is 0 Å². The van der Waals surface area contributed by atoms with Crippen LogP contribution in [0.15, 0.2) is 23.4 Å². The monoisotopic (exact) mass is 276 g/mol. The van der Waals surface area contributed by atoms with E-state index >= 15 is 0 Å². The highest BCUT2D eigenvalue weighted by Gasteiger charge is 2.24. The zero-order valence-corrected chi connectivity index (χ0v) is 11.1. The van der Waals surface area contributed by atoms with Crippen LogP contribution in [0.25, 0.3) is 0 Å². The van der Waals surface area contributed by atoms with E-state index in [0.717, 1.165) is 6.07 Å². The third kappa shape index (κ3) is 4.01. The predicted octanol–water partition coefficient (Wildman–Crippen LogP) is 0.906. The largest absolute Gasteiger partial charge is 0.395 e. The fraction of sp³-hybridized carbons (Fsp3) is 0.545. The van der Waals surface area contributed by atoms with Crippen LogP contribution in [0.5, 0.6) is 0 Å². The Balaban J connectivity index is 2.91. The van der Waals surface area contributed by atoms with Crippen LogP contribution in [0, 0.1) is 11.7 Å². The number of halogens is 1. The molecule has 1 atom stereocenters. The molecule has 1 aromatic heterocycles. The van der Waals surface area contributed by atoms with Gasteiger partial charge in [-0.25, -0.2) is 22.5 Å². The van der Waals surface area contributed by atoms with Crippen molar-refractivity contribution in [2.24, 2.45) is 5.92 Å². The molecule has 18 heavy (non-hydrogen) atoms. The highest BCUT2D eigenvalue weighted by molar-refractivity contribution is 7.89. The predicted molar refractivity (Wildman–Crippen MR) is 64.8 cm³/mol. The zero-order valence-electron chi connectivity index (χ0n) is 10.3. The Bertz CT molecular complexity index is 491. The van der Waals surface area contributed by atoms with E-state index in [4.69, 9.17) is 5.11 Å². The highest BCUT2D eigenvalue weighted by Crippen LogP contribution is 2.12. The molecule has 1 heterocycles. The van der Waals surface area contributed by atoms with Crippen LogP contribution < -0.4 is 4.72 Å². The Hall–Kier alpha value is -1.05. The van der Waals surface area contributed by atoms with Gasteiger partial charge in [-0.1, -0.05) is 13.8 Å². The van der Waals surface area contributed by atoms with Gasteiger partial charge in [0.2, 0.25) is 5.03 Å². The standard InChI is InChI=1S/C11H17FN2O3S/c1-8(2)6-9(7-15)14-18(16,17)11-10(12)4-3-5-13-11/h3-5,8-9,14-15H,6-7H2,1-2H3. The number of aliphatic hydroxyl groups is 1. The van der Waals surface area contributed by atoms with Crippen LogP contribution in [-0.4, -0.2) is 31.2 Å². The minimum absolute atomic E-state index is 0.207. The van der Waals surface area contributed by atoms with E-state index in [1.165, 1.54) is 12.3 Å². The number of sulfonamides is 1. The lowest BCUT2D eigenvalue weighted by Gasteiger charge is -2.17. The molecule has 1 unspecified atom stereocenters. The molecule has 0 fully saturated rings. The van der Waals surface area contributed by atoms with Crippen molar-refractivity contribution in [1.82, 2.24) is 9.71 Å². The molecule has 1 rings (SSSR count). The average molecular weight is 276 g/mol. The van der Waals surface area contributed by atoms with Gasteiger partial charge in [-0.3, -0.25) is 0 Å². The lowest BCUT2D eigenvalue weighted by molar-refractivity contribution is 0.239. The van der Waals surface area contributed by atoms with Crippen molar-refractivity contribution in [3.8, 4) is 0 Å². The van der Waals surface area contributed by atoms with Crippen molar-refractivity contribution >= 4 is 10.0 Å². The van der Waals surface area contributed by atoms with Gasteiger partial charge >= 0.3 is 0 Å². The fourth-order valence-corrected chi connectivity index (χ4v) is 2.82. The molecule has 0 aliphatic rings. The number of nitrogens with one attached hydrogen (secondary N) is 1. The van der Waals surface area contributed by atoms with Gasteiger partial charge in [-0.15, -0.1) is 0 Å². The third-order valence-electron chi connectivity index (χ3n) is 2.28. The summed E-state index contributed by atoms with van der Waals surface area (Å²) in [4.78, 5) is 3.51. The van der Waals surface area contributed by atoms with Crippen LogP contribution >= 0.6 is 0 Å². The van der Waals surface area contributed by atoms with Crippen molar-refractivity contribution in [2.75, 3.05) is 6.61 Å². The van der Waals surface area contributed by atoms with Crippen LogP contribution in [0.2, 0.25) is 0 Å². The molecule has 1 aromatic rings. The van der Waals surface area contributed by atoms with E-state index in [1.807, 2.05) is 13.8 Å². The molecular formula is C11H17FN2O3S. The molecule has 0 amide bonds. The molecule has 0 aromatic carbocycles. The smallest absolute Gasteiger partial charge is 0.261 e. The highest BCUT2D eigenvalue weighted by atomic mass is 32.2. The second kappa shape index (κ2) is 6.21. The fourth-order valence-electron chi connectivity index (χ4n) is 1.57. The topological polar surface area (TPSA) is 79.3 Å². The number of aromatic nitrogens is 1. The summed E-state index contributed by atoms with van der Waals surface area (Å²) >= 11 is 0. The van der Waals surface area contributed by atoms with E-state index in [1.54, 1.807) is 0 Å². The molecule has 0 aliphatic heterocycles. The molecular weight excluding hydrogens is 259 g/mol. The molecule has 2 N–H and O–H groups in total. The maximum atomic E-state index is 13.4. The average Bonchev–Trinajstić information content (AvgIpc) is 2.27. The van der Waals surface area contributed by atoms with Gasteiger partial charge in [0.15, 0.2) is 5.82 Å². The van der Waals surface area contributed by atoms with Crippen molar-refractivity contribution in [3.05, 3.63) is 24.1 Å². The lowest BCUT2D eigenvalue weighted by atomic mass is 10.1. The van der Waals surface area contributed by atoms with Gasteiger partial charge < -0.3 is 5.11 Å². The van der Waals surface area contributed by atoms with Gasteiger partial charge in [0.1, 0.15) is 0 Å². The Morgan fingerprint density at radius 1 is 1.50 bits per heavy atom. The third-order valence-corrected chi connectivity index (χ3v) is 3.73. The quantitative estimate of drug-likeness (QED) is 0.809. The van der Waals surface area contributed by atoms with Crippen LogP contribution in [-0.2, 0) is 10.0 Å². The summed E-state index contributed by atoms with van der Waals surface area (Å²) in [7, 11) is -4.04. The molecule has 5 nitrogen and oxygen atoms in total. The first-order chi connectivity index (χ1) is 8.36. The molecule has 0 saturated carbocycles. The second-order valence-corrected chi connectivity index (χ2v) is 6.05. The Labute approximate surface area is 106 Å². The van der Waals surface area contributed by atoms with Gasteiger partial charge in [-0.05, 0) is 24.5 Å². The first kappa shape index (κ1) is 15.0. The lowest BCUT2D eigenvalue weighted by Crippen LogP contribution is -2.39. The molecule has 0 spiro atoms. The van der Waals surface area contributed by atoms with Crippen LogP contribution in [0.4, 0.5) is 4.39 Å². The van der Waals surface area contributed by atoms with Crippen LogP contribution in [0.1, 0.15) is 20.3 Å². The molecule has 7 heteroatoms. The van der Waals surface area contributed by atoms with Crippen molar-refractivity contribution in [1.29, 1.82) is 0 Å². The molecule has 0 saturated heterocycles. The SMILES string of the molecule is CC(C)CC(CO)NS(=O)(=O)c1ncccc1F. The van der Waals surface area contributed by atoms with Gasteiger partial charge in [0.05, 0.1) is 6.61 Å². The number of aliphatic hydroxyl groups excluding tert-OH is 1. The molecule has 0 bridgehead atoms. The van der Waals surface area contributed by atoms with E-state index in [-0.39, 0.29) is 12.5 Å². The zero-order chi connectivity index (χ0) is 13.8. The van der Waals surface area contributed by atoms with E-state index in [0.29, 0.717) is 6.42 Å². The van der Waals surface area contributed by atoms with E-state index < -0.39 is 26.9 Å². The van der Waals surface area contributed by atoms with Gasteiger partial charge in [0, 0.05) is 12.2 Å². The Kier molecular flexibility index (Phi) is 5.18. The summed E-state index contributed by atoms with van der Waals surface area (Å²) in [6, 6.07) is 1.70. The summed E-state index contributed by atoms with van der Waals surface area (Å²) in [5.41, 5.74) is 0. The number of hydrogen-bond acceptors (Lipinski definition) is 4. The normalized spacial score (nSPS) is 13.8. The molecule has 102 valence electrons. The van der Waals surface area contributed by atoms with E-state index in [2.05, 4.69) is 9.71 Å². The summed E-state index contributed by atoms with van der Waals surface area (Å²) in [5, 5.41) is 8.47. The molecule has 0 aliphatic carbocycles. The maximum Gasteiger partial charge on any atom is 0.261 e. The number of pyridine rings is 1. The minimum atomic E-state index is -4.04. The van der Waals surface area contributed by atoms with E-state index in [9.17, 15) is 12.8 Å². The summed E-state index contributed by atoms with van der Waals surface area (Å²) in [5.74, 6) is -0.704. The second-order valence-electron chi connectivity index (χ2n) is 4.42. The Morgan fingerprint density at radius 3 is 2.67 bits per heavy atom. The number of rotatable bonds is 6. The van der Waals surface area contributed by atoms with Crippen molar-refractivity contribution < 1.29 is 17.9 Å². The summed E-state index contributed by atoms with van der Waals surface area (Å²) in [6.07, 6.45) is 1.66. The van der Waals surface area contributed by atoms with Gasteiger partial charge in [-0.2, -0.15) is 0 Å². The number of nitrogens with zero attached hydrogens (tertiary/aromatic N) is 1. The minimum Gasteiger partial charge on any atom is -0.395 e. The van der Waals surface area contributed by atoms with Crippen molar-refractivity contribution in [2.45, 2.75) is 31.3 Å². The Morgan fingerprint density at radius 2 is 2.17 bits per heavy atom. The van der Waals surface area contributed by atoms with Gasteiger partial charge in [0.25, 0.3) is 10.0 Å². The molecule has 0 radical (unpaired) electrons. The number of hydrogen-bond donors (Lipinski definition) is 2. The first-order valence-corrected chi connectivity index (χ1v) is 7.09. The van der Waals surface area contributed by atoms with Crippen molar-refractivity contribution in [3.63, 3.8) is 0 Å². The first-order valence-electron chi connectivity index (χ1n) is 5.60. The summed E-state index contributed by atoms with van der Waals surface area (Å²) < 4.78 is 39.4. The maximum absolute atomic E-state index is 13.4.